The summed E-state index contributed by atoms with van der Waals surface area (Å²) in [6.07, 6.45) is 2.57. The van der Waals surface area contributed by atoms with Crippen LogP contribution in [0.2, 0.25) is 0 Å². The van der Waals surface area contributed by atoms with Crippen LogP contribution < -0.4 is 4.74 Å². The van der Waals surface area contributed by atoms with Gasteiger partial charge in [0.15, 0.2) is 0 Å². The molecule has 2 aromatic carbocycles. The topological polar surface area (TPSA) is 66.8 Å². The van der Waals surface area contributed by atoms with Crippen molar-refractivity contribution in [2.45, 2.75) is 6.61 Å². The first-order chi connectivity index (χ1) is 9.65. The number of benzene rings is 2. The van der Waals surface area contributed by atoms with Crippen LogP contribution in [0.25, 0.3) is 6.08 Å². The van der Waals surface area contributed by atoms with E-state index in [0.29, 0.717) is 17.9 Å². The number of carboxylic acids is 1. The minimum absolute atomic E-state index is 0.207. The van der Waals surface area contributed by atoms with Crippen molar-refractivity contribution >= 4 is 12.0 Å². The molecule has 0 bridgehead atoms. The van der Waals surface area contributed by atoms with Crippen LogP contribution in [0.4, 0.5) is 0 Å². The van der Waals surface area contributed by atoms with Crippen LogP contribution in [-0.4, -0.2) is 16.2 Å². The lowest BCUT2D eigenvalue weighted by molar-refractivity contribution is -0.131. The summed E-state index contributed by atoms with van der Waals surface area (Å²) >= 11 is 0. The summed E-state index contributed by atoms with van der Waals surface area (Å²) in [5.74, 6) is -0.185. The fourth-order valence-electron chi connectivity index (χ4n) is 1.66. The monoisotopic (exact) mass is 270 g/mol. The van der Waals surface area contributed by atoms with Crippen molar-refractivity contribution in [2.75, 3.05) is 0 Å². The number of phenolic OH excluding ortho intramolecular Hbond substituents is 1. The third-order valence-electron chi connectivity index (χ3n) is 2.66. The maximum absolute atomic E-state index is 10.5. The highest BCUT2D eigenvalue weighted by Gasteiger charge is 2.01. The maximum atomic E-state index is 10.5. The predicted octanol–water partition coefficient (Wildman–Crippen LogP) is 3.07. The summed E-state index contributed by atoms with van der Waals surface area (Å²) in [7, 11) is 0. The van der Waals surface area contributed by atoms with E-state index in [1.807, 2.05) is 12.1 Å². The fourth-order valence-corrected chi connectivity index (χ4v) is 1.66. The number of aromatic hydroxyl groups is 1. The third kappa shape index (κ3) is 3.88. The number of aliphatic carboxylic acids is 1. The van der Waals surface area contributed by atoms with Crippen LogP contribution in [0.3, 0.4) is 0 Å². The molecule has 0 amide bonds. The molecule has 0 aliphatic heterocycles. The van der Waals surface area contributed by atoms with Gasteiger partial charge >= 0.3 is 5.97 Å². The van der Waals surface area contributed by atoms with Crippen LogP contribution in [0.5, 0.6) is 11.5 Å². The van der Waals surface area contributed by atoms with Gasteiger partial charge in [-0.2, -0.15) is 0 Å². The molecule has 0 heterocycles. The number of hydrogen-bond acceptors (Lipinski definition) is 3. The highest BCUT2D eigenvalue weighted by molar-refractivity contribution is 5.85. The first kappa shape index (κ1) is 13.7. The Bertz CT molecular complexity index is 615. The van der Waals surface area contributed by atoms with Crippen molar-refractivity contribution in [1.82, 2.24) is 0 Å². The first-order valence-electron chi connectivity index (χ1n) is 6.06. The van der Waals surface area contributed by atoms with Crippen molar-refractivity contribution in [3.63, 3.8) is 0 Å². The largest absolute Gasteiger partial charge is 0.508 e. The molecular weight excluding hydrogens is 256 g/mol. The number of phenols is 1. The molecule has 0 radical (unpaired) electrons. The normalized spacial score (nSPS) is 10.6. The molecule has 2 aromatic rings. The molecule has 0 fully saturated rings. The Kier molecular flexibility index (Phi) is 4.39. The van der Waals surface area contributed by atoms with Gasteiger partial charge in [0.1, 0.15) is 18.1 Å². The van der Waals surface area contributed by atoms with Gasteiger partial charge < -0.3 is 14.9 Å². The minimum atomic E-state index is -1.00. The van der Waals surface area contributed by atoms with Crippen LogP contribution in [0.1, 0.15) is 11.1 Å². The Morgan fingerprint density at radius 2 is 1.80 bits per heavy atom. The third-order valence-corrected chi connectivity index (χ3v) is 2.66. The Labute approximate surface area is 116 Å². The van der Waals surface area contributed by atoms with Gasteiger partial charge in [-0.3, -0.25) is 0 Å². The van der Waals surface area contributed by atoms with E-state index in [0.717, 1.165) is 11.6 Å². The molecular formula is C16H14O4. The van der Waals surface area contributed by atoms with Crippen molar-refractivity contribution < 1.29 is 19.7 Å². The Balaban J connectivity index is 2.09. The minimum Gasteiger partial charge on any atom is -0.508 e. The number of ether oxygens (including phenoxy) is 1. The van der Waals surface area contributed by atoms with E-state index in [-0.39, 0.29) is 5.75 Å². The molecule has 0 aliphatic rings. The molecule has 0 saturated heterocycles. The van der Waals surface area contributed by atoms with E-state index in [2.05, 4.69) is 0 Å². The number of carboxylic acid groups (broad SMARTS) is 1. The van der Waals surface area contributed by atoms with Crippen molar-refractivity contribution in [3.05, 3.63) is 65.7 Å². The van der Waals surface area contributed by atoms with E-state index < -0.39 is 5.97 Å². The molecule has 0 atom stereocenters. The van der Waals surface area contributed by atoms with Crippen molar-refractivity contribution in [2.24, 2.45) is 0 Å². The van der Waals surface area contributed by atoms with Gasteiger partial charge in [0, 0.05) is 11.6 Å². The summed E-state index contributed by atoms with van der Waals surface area (Å²) in [6, 6.07) is 13.9. The first-order valence-corrected chi connectivity index (χ1v) is 6.06. The average Bonchev–Trinajstić information content (AvgIpc) is 2.45. The molecule has 0 spiro atoms. The fraction of sp³-hybridized carbons (Fsp3) is 0.0625. The Hall–Kier alpha value is -2.75. The number of rotatable bonds is 5. The molecule has 0 unspecified atom stereocenters. The van der Waals surface area contributed by atoms with Gasteiger partial charge in [-0.15, -0.1) is 0 Å². The lowest BCUT2D eigenvalue weighted by Gasteiger charge is -2.09. The molecule has 20 heavy (non-hydrogen) atoms. The van der Waals surface area contributed by atoms with Gasteiger partial charge in [-0.05, 0) is 29.8 Å². The average molecular weight is 270 g/mol. The van der Waals surface area contributed by atoms with Crippen LogP contribution in [0, 0.1) is 0 Å². The van der Waals surface area contributed by atoms with Gasteiger partial charge in [0.25, 0.3) is 0 Å². The molecule has 2 N–H and O–H groups in total. The summed E-state index contributed by atoms with van der Waals surface area (Å²) < 4.78 is 5.67. The van der Waals surface area contributed by atoms with Gasteiger partial charge in [-0.25, -0.2) is 4.79 Å². The summed E-state index contributed by atoms with van der Waals surface area (Å²) in [5.41, 5.74) is 1.62. The zero-order valence-corrected chi connectivity index (χ0v) is 10.7. The second-order valence-corrected chi connectivity index (χ2v) is 4.16. The number of para-hydroxylation sites is 1. The zero-order chi connectivity index (χ0) is 14.4. The van der Waals surface area contributed by atoms with E-state index in [1.165, 1.54) is 6.08 Å². The van der Waals surface area contributed by atoms with E-state index >= 15 is 0 Å². The quantitative estimate of drug-likeness (QED) is 0.819. The molecule has 0 aromatic heterocycles. The highest BCUT2D eigenvalue weighted by Crippen LogP contribution is 2.21. The van der Waals surface area contributed by atoms with Gasteiger partial charge in [0.2, 0.25) is 0 Å². The smallest absolute Gasteiger partial charge is 0.328 e. The highest BCUT2D eigenvalue weighted by atomic mass is 16.5. The van der Waals surface area contributed by atoms with Crippen molar-refractivity contribution in [1.29, 1.82) is 0 Å². The molecule has 0 saturated carbocycles. The van der Waals surface area contributed by atoms with Gasteiger partial charge in [0.05, 0.1) is 0 Å². The number of carbonyl (C=O) groups is 1. The second kappa shape index (κ2) is 6.43. The van der Waals surface area contributed by atoms with E-state index in [4.69, 9.17) is 9.84 Å². The number of hydrogen-bond donors (Lipinski definition) is 2. The lowest BCUT2D eigenvalue weighted by Crippen LogP contribution is -1.96. The van der Waals surface area contributed by atoms with Crippen molar-refractivity contribution in [3.8, 4) is 11.5 Å². The lowest BCUT2D eigenvalue weighted by atomic mass is 10.2. The Morgan fingerprint density at radius 3 is 2.50 bits per heavy atom. The molecule has 0 aliphatic carbocycles. The standard InChI is InChI=1S/C16H14O4/c17-14-8-5-12(6-9-14)11-20-15-4-2-1-3-13(15)7-10-16(18)19/h1-10,17H,11H2,(H,18,19)/b10-7+. The summed E-state index contributed by atoms with van der Waals surface area (Å²) in [5, 5.41) is 17.9. The van der Waals surface area contributed by atoms with Crippen LogP contribution in [0.15, 0.2) is 54.6 Å². The van der Waals surface area contributed by atoms with Gasteiger partial charge in [-0.1, -0.05) is 30.3 Å². The predicted molar refractivity (Wildman–Crippen MR) is 75.6 cm³/mol. The Morgan fingerprint density at radius 1 is 1.10 bits per heavy atom. The SMILES string of the molecule is O=C(O)/C=C/c1ccccc1OCc1ccc(O)cc1. The maximum Gasteiger partial charge on any atom is 0.328 e. The second-order valence-electron chi connectivity index (χ2n) is 4.16. The zero-order valence-electron chi connectivity index (χ0n) is 10.7. The van der Waals surface area contributed by atoms with Crippen LogP contribution >= 0.6 is 0 Å². The molecule has 102 valence electrons. The molecule has 4 nitrogen and oxygen atoms in total. The molecule has 4 heteroatoms. The summed E-state index contributed by atoms with van der Waals surface area (Å²) in [6.45, 7) is 0.345. The van der Waals surface area contributed by atoms with E-state index in [1.54, 1.807) is 36.4 Å². The summed E-state index contributed by atoms with van der Waals surface area (Å²) in [4.78, 5) is 10.5. The molecule has 2 rings (SSSR count). The van der Waals surface area contributed by atoms with Crippen LogP contribution in [-0.2, 0) is 11.4 Å². The van der Waals surface area contributed by atoms with E-state index in [9.17, 15) is 9.90 Å².